The summed E-state index contributed by atoms with van der Waals surface area (Å²) >= 11 is 0. The van der Waals surface area contributed by atoms with Gasteiger partial charge in [-0.05, 0) is 97.8 Å². The third kappa shape index (κ3) is 6.84. The van der Waals surface area contributed by atoms with E-state index in [1.165, 1.54) is 87.3 Å². The second kappa shape index (κ2) is 12.6. The van der Waals surface area contributed by atoms with Crippen LogP contribution in [0.2, 0.25) is 0 Å². The molecule has 2 fully saturated rings. The first-order valence-corrected chi connectivity index (χ1v) is 14.1. The molecular weight excluding hydrogens is 396 g/mol. The minimum absolute atomic E-state index is 0.787. The number of allylic oxidation sites excluding steroid dienone is 2. The van der Waals surface area contributed by atoms with Gasteiger partial charge in [0.2, 0.25) is 0 Å². The highest BCUT2D eigenvalue weighted by Crippen LogP contribution is 2.48. The number of aryl methyl sites for hydroxylation is 1. The van der Waals surface area contributed by atoms with Crippen LogP contribution in [0.25, 0.3) is 11.1 Å². The van der Waals surface area contributed by atoms with Gasteiger partial charge in [0.1, 0.15) is 0 Å². The molecule has 33 heavy (non-hydrogen) atoms. The van der Waals surface area contributed by atoms with Crippen molar-refractivity contribution in [1.29, 1.82) is 0 Å². The lowest BCUT2D eigenvalue weighted by atomic mass is 9.63. The van der Waals surface area contributed by atoms with Crippen molar-refractivity contribution in [1.82, 2.24) is 0 Å². The van der Waals surface area contributed by atoms with E-state index in [-0.39, 0.29) is 0 Å². The third-order valence-electron chi connectivity index (χ3n) is 8.69. The molecule has 0 amide bonds. The van der Waals surface area contributed by atoms with E-state index >= 15 is 0 Å². The lowest BCUT2D eigenvalue weighted by Crippen LogP contribution is -2.30. The van der Waals surface area contributed by atoms with Crippen LogP contribution in [-0.4, -0.2) is 0 Å². The molecule has 178 valence electrons. The molecule has 0 radical (unpaired) electrons. The van der Waals surface area contributed by atoms with Crippen LogP contribution in [0.5, 0.6) is 0 Å². The lowest BCUT2D eigenvalue weighted by molar-refractivity contribution is 0.113. The van der Waals surface area contributed by atoms with Crippen molar-refractivity contribution in [2.24, 2.45) is 17.8 Å². The molecule has 4 unspecified atom stereocenters. The zero-order valence-electron chi connectivity index (χ0n) is 21.3. The highest BCUT2D eigenvalue weighted by Gasteiger charge is 2.35. The average Bonchev–Trinajstić information content (AvgIpc) is 2.87. The van der Waals surface area contributed by atoms with Gasteiger partial charge < -0.3 is 0 Å². The molecule has 0 heterocycles. The Kier molecular flexibility index (Phi) is 9.27. The molecule has 2 aromatic carbocycles. The van der Waals surface area contributed by atoms with Gasteiger partial charge in [0.25, 0.3) is 0 Å². The van der Waals surface area contributed by atoms with E-state index in [2.05, 4.69) is 74.5 Å². The number of rotatable bonds is 10. The van der Waals surface area contributed by atoms with Crippen molar-refractivity contribution in [3.05, 3.63) is 71.8 Å². The first-order valence-electron chi connectivity index (χ1n) is 14.1. The van der Waals surface area contributed by atoms with Crippen molar-refractivity contribution >= 4 is 0 Å². The summed E-state index contributed by atoms with van der Waals surface area (Å²) in [4.78, 5) is 0. The zero-order valence-corrected chi connectivity index (χ0v) is 21.3. The van der Waals surface area contributed by atoms with Crippen LogP contribution >= 0.6 is 0 Å². The summed E-state index contributed by atoms with van der Waals surface area (Å²) < 4.78 is 0. The molecule has 2 saturated carbocycles. The number of fused-ring (bicyclic) bond motifs is 1. The summed E-state index contributed by atoms with van der Waals surface area (Å²) in [7, 11) is 0. The summed E-state index contributed by atoms with van der Waals surface area (Å²) in [5.74, 6) is 3.84. The van der Waals surface area contributed by atoms with Gasteiger partial charge in [-0.3, -0.25) is 0 Å². The molecule has 4 atom stereocenters. The first kappa shape index (κ1) is 24.3. The largest absolute Gasteiger partial charge is 0.0917 e. The highest BCUT2D eigenvalue weighted by molar-refractivity contribution is 5.64. The van der Waals surface area contributed by atoms with E-state index in [0.29, 0.717) is 0 Å². The van der Waals surface area contributed by atoms with Crippen LogP contribution < -0.4 is 0 Å². The van der Waals surface area contributed by atoms with Crippen molar-refractivity contribution in [3.63, 3.8) is 0 Å². The Bertz CT molecular complexity index is 841. The minimum atomic E-state index is 0.787. The van der Waals surface area contributed by atoms with Gasteiger partial charge >= 0.3 is 0 Å². The van der Waals surface area contributed by atoms with Crippen LogP contribution in [-0.2, 0) is 6.42 Å². The topological polar surface area (TPSA) is 0 Å². The fraction of sp³-hybridized carbons (Fsp3) is 0.576. The van der Waals surface area contributed by atoms with E-state index in [0.717, 1.165) is 36.5 Å². The Morgan fingerprint density at radius 1 is 0.758 bits per heavy atom. The Morgan fingerprint density at radius 3 is 2.18 bits per heavy atom. The van der Waals surface area contributed by atoms with Crippen LogP contribution in [0.1, 0.15) is 108 Å². The number of hydrogen-bond acceptors (Lipinski definition) is 0. The normalized spacial score (nSPS) is 25.3. The maximum Gasteiger partial charge on any atom is -0.0159 e. The van der Waals surface area contributed by atoms with Gasteiger partial charge in [0.15, 0.2) is 0 Å². The van der Waals surface area contributed by atoms with E-state index < -0.39 is 0 Å². The summed E-state index contributed by atoms with van der Waals surface area (Å²) in [5.41, 5.74) is 5.72. The summed E-state index contributed by atoms with van der Waals surface area (Å²) in [6, 6.07) is 18.8. The first-order chi connectivity index (χ1) is 16.3. The van der Waals surface area contributed by atoms with Crippen LogP contribution in [0.3, 0.4) is 0 Å². The molecular formula is C33H46. The fourth-order valence-electron chi connectivity index (χ4n) is 6.64. The second-order valence-electron chi connectivity index (χ2n) is 11.0. The van der Waals surface area contributed by atoms with Gasteiger partial charge in [0.05, 0.1) is 0 Å². The zero-order chi connectivity index (χ0) is 22.9. The van der Waals surface area contributed by atoms with Gasteiger partial charge in [-0.25, -0.2) is 0 Å². The van der Waals surface area contributed by atoms with Crippen molar-refractivity contribution in [2.75, 3.05) is 0 Å². The van der Waals surface area contributed by atoms with Crippen LogP contribution in [0.4, 0.5) is 0 Å². The Balaban J connectivity index is 1.28. The summed E-state index contributed by atoms with van der Waals surface area (Å²) in [6.07, 6.45) is 22.7. The van der Waals surface area contributed by atoms with Crippen LogP contribution in [0.15, 0.2) is 60.7 Å². The Labute approximate surface area is 203 Å². The summed E-state index contributed by atoms with van der Waals surface area (Å²) in [5, 5.41) is 0. The maximum atomic E-state index is 2.43. The Hall–Kier alpha value is -1.82. The molecule has 0 saturated heterocycles. The standard InChI is InChI=1S/C33H46/c1-3-5-7-9-11-27-14-17-33-25-32(23-22-31(33)24-27)30-20-18-29(19-21-30)28-15-12-26(13-16-28)10-8-6-4-2/h4,6,12-13,15-16,18-21,27,31-33H,3,5,7-11,14,17,22-25H2,1-2H3/b6-4+. The van der Waals surface area contributed by atoms with Gasteiger partial charge in [-0.2, -0.15) is 0 Å². The monoisotopic (exact) mass is 442 g/mol. The summed E-state index contributed by atoms with van der Waals surface area (Å²) in [6.45, 7) is 4.42. The molecule has 0 N–H and O–H groups in total. The molecule has 2 aliphatic carbocycles. The fourth-order valence-corrected chi connectivity index (χ4v) is 6.64. The SMILES string of the molecule is C/C=C/CCc1ccc(-c2ccc(C3CCC4CC(CCCCCC)CCC4C3)cc2)cc1. The number of hydrogen-bond donors (Lipinski definition) is 0. The molecule has 0 spiro atoms. The van der Waals surface area contributed by atoms with Crippen LogP contribution in [0, 0.1) is 17.8 Å². The lowest BCUT2D eigenvalue weighted by Gasteiger charge is -2.42. The second-order valence-corrected chi connectivity index (χ2v) is 11.0. The molecule has 0 aliphatic heterocycles. The molecule has 0 aromatic heterocycles. The molecule has 0 bridgehead atoms. The smallest absolute Gasteiger partial charge is 0.0159 e. The van der Waals surface area contributed by atoms with Gasteiger partial charge in [0, 0.05) is 0 Å². The molecule has 2 aromatic rings. The number of unbranched alkanes of at least 4 members (excludes halogenated alkanes) is 3. The van der Waals surface area contributed by atoms with Crippen molar-refractivity contribution in [2.45, 2.75) is 103 Å². The molecule has 0 nitrogen and oxygen atoms in total. The predicted octanol–water partition coefficient (Wildman–Crippen LogP) is 10.1. The number of benzene rings is 2. The molecule has 4 rings (SSSR count). The van der Waals surface area contributed by atoms with E-state index in [4.69, 9.17) is 0 Å². The molecule has 0 heteroatoms. The van der Waals surface area contributed by atoms with E-state index in [1.807, 2.05) is 0 Å². The average molecular weight is 443 g/mol. The van der Waals surface area contributed by atoms with Crippen molar-refractivity contribution in [3.8, 4) is 11.1 Å². The predicted molar refractivity (Wildman–Crippen MR) is 145 cm³/mol. The molecule has 2 aliphatic rings. The van der Waals surface area contributed by atoms with Gasteiger partial charge in [-0.1, -0.05) is 106 Å². The van der Waals surface area contributed by atoms with E-state index in [1.54, 1.807) is 5.56 Å². The van der Waals surface area contributed by atoms with E-state index in [9.17, 15) is 0 Å². The van der Waals surface area contributed by atoms with Crippen molar-refractivity contribution < 1.29 is 0 Å². The minimum Gasteiger partial charge on any atom is -0.0917 e. The highest BCUT2D eigenvalue weighted by atomic mass is 14.4. The Morgan fingerprint density at radius 2 is 1.45 bits per heavy atom. The quantitative estimate of drug-likeness (QED) is 0.253. The third-order valence-corrected chi connectivity index (χ3v) is 8.69. The maximum absolute atomic E-state index is 2.43. The van der Waals surface area contributed by atoms with Gasteiger partial charge in [-0.15, -0.1) is 0 Å².